The molecule has 0 aromatic heterocycles. The van der Waals surface area contributed by atoms with Crippen molar-refractivity contribution in [2.75, 3.05) is 0 Å². The molecule has 1 aliphatic carbocycles. The number of nitrogens with two attached hydrogens (primary N) is 1. The van der Waals surface area contributed by atoms with Crippen LogP contribution >= 0.6 is 0 Å². The minimum atomic E-state index is 0.334. The molecule has 1 unspecified atom stereocenters. The second kappa shape index (κ2) is 5.46. The van der Waals surface area contributed by atoms with E-state index in [9.17, 15) is 0 Å². The van der Waals surface area contributed by atoms with Gasteiger partial charge in [-0.25, -0.2) is 0 Å². The molecule has 0 heterocycles. The van der Waals surface area contributed by atoms with Crippen molar-refractivity contribution in [3.05, 3.63) is 35.4 Å². The molecule has 0 aliphatic heterocycles. The summed E-state index contributed by atoms with van der Waals surface area (Å²) >= 11 is 0. The number of benzene rings is 1. The van der Waals surface area contributed by atoms with Crippen LogP contribution in [0.4, 0.5) is 0 Å². The molecule has 1 saturated carbocycles. The summed E-state index contributed by atoms with van der Waals surface area (Å²) in [4.78, 5) is 0. The van der Waals surface area contributed by atoms with Gasteiger partial charge in [-0.1, -0.05) is 49.1 Å². The summed E-state index contributed by atoms with van der Waals surface area (Å²) in [6, 6.07) is 9.03. The zero-order chi connectivity index (χ0) is 11.4. The maximum Gasteiger partial charge on any atom is 0.0488 e. The highest BCUT2D eigenvalue weighted by Gasteiger charge is 2.23. The largest absolute Gasteiger partial charge is 0.271 e. The van der Waals surface area contributed by atoms with Gasteiger partial charge in [0.25, 0.3) is 0 Å². The fourth-order valence-electron chi connectivity index (χ4n) is 2.84. The minimum absolute atomic E-state index is 0.334. The molecule has 1 aromatic carbocycles. The molecule has 0 saturated heterocycles. The molecular formula is C14H22N2. The van der Waals surface area contributed by atoms with Crippen molar-refractivity contribution in [2.24, 2.45) is 11.8 Å². The maximum absolute atomic E-state index is 5.74. The molecule has 16 heavy (non-hydrogen) atoms. The number of hydrogen-bond donors (Lipinski definition) is 2. The van der Waals surface area contributed by atoms with Crippen LogP contribution in [0.25, 0.3) is 0 Å². The number of hydrazine groups is 1. The number of rotatable bonds is 3. The minimum Gasteiger partial charge on any atom is -0.271 e. The van der Waals surface area contributed by atoms with E-state index in [1.54, 1.807) is 0 Å². The fourth-order valence-corrected chi connectivity index (χ4v) is 2.84. The van der Waals surface area contributed by atoms with E-state index < -0.39 is 0 Å². The first-order valence-electron chi connectivity index (χ1n) is 6.34. The lowest BCUT2D eigenvalue weighted by atomic mass is 9.81. The van der Waals surface area contributed by atoms with E-state index in [4.69, 9.17) is 5.84 Å². The molecule has 1 aromatic rings. The first-order chi connectivity index (χ1) is 7.81. The van der Waals surface area contributed by atoms with Crippen LogP contribution in [-0.4, -0.2) is 0 Å². The highest BCUT2D eigenvalue weighted by atomic mass is 15.2. The lowest BCUT2D eigenvalue weighted by Gasteiger charge is -2.30. The Morgan fingerprint density at radius 2 is 2.00 bits per heavy atom. The quantitative estimate of drug-likeness (QED) is 0.604. The SMILES string of the molecule is Cc1cccc(C(NN)C2CCCCC2)c1. The van der Waals surface area contributed by atoms with Crippen molar-refractivity contribution in [3.63, 3.8) is 0 Å². The van der Waals surface area contributed by atoms with Gasteiger partial charge in [0.15, 0.2) is 0 Å². The van der Waals surface area contributed by atoms with E-state index in [0.29, 0.717) is 12.0 Å². The Morgan fingerprint density at radius 1 is 1.25 bits per heavy atom. The van der Waals surface area contributed by atoms with Crippen molar-refractivity contribution >= 4 is 0 Å². The standard InChI is InChI=1S/C14H22N2/c1-11-6-5-9-13(10-11)14(16-15)12-7-3-2-4-8-12/h5-6,9-10,12,14,16H,2-4,7-8,15H2,1H3. The molecule has 88 valence electrons. The van der Waals surface area contributed by atoms with Crippen LogP contribution in [-0.2, 0) is 0 Å². The Balaban J connectivity index is 2.14. The van der Waals surface area contributed by atoms with E-state index in [1.807, 2.05) is 0 Å². The molecular weight excluding hydrogens is 196 g/mol. The van der Waals surface area contributed by atoms with Gasteiger partial charge >= 0.3 is 0 Å². The average Bonchev–Trinajstić information content (AvgIpc) is 2.31. The normalized spacial score (nSPS) is 19.6. The lowest BCUT2D eigenvalue weighted by Crippen LogP contribution is -2.34. The van der Waals surface area contributed by atoms with E-state index in [1.165, 1.54) is 43.2 Å². The van der Waals surface area contributed by atoms with E-state index in [-0.39, 0.29) is 0 Å². The Hall–Kier alpha value is -0.860. The van der Waals surface area contributed by atoms with Crippen molar-refractivity contribution < 1.29 is 0 Å². The van der Waals surface area contributed by atoms with Crippen LogP contribution in [0.5, 0.6) is 0 Å². The van der Waals surface area contributed by atoms with Gasteiger partial charge in [-0.15, -0.1) is 0 Å². The lowest BCUT2D eigenvalue weighted by molar-refractivity contribution is 0.273. The van der Waals surface area contributed by atoms with Gasteiger partial charge < -0.3 is 0 Å². The van der Waals surface area contributed by atoms with Gasteiger partial charge in [0.05, 0.1) is 0 Å². The van der Waals surface area contributed by atoms with Crippen molar-refractivity contribution in [1.29, 1.82) is 0 Å². The van der Waals surface area contributed by atoms with Gasteiger partial charge in [-0.3, -0.25) is 11.3 Å². The third-order valence-electron chi connectivity index (χ3n) is 3.70. The summed E-state index contributed by atoms with van der Waals surface area (Å²) in [7, 11) is 0. The number of aryl methyl sites for hydroxylation is 1. The number of nitrogens with one attached hydrogen (secondary N) is 1. The molecule has 1 fully saturated rings. The topological polar surface area (TPSA) is 38.0 Å². The summed E-state index contributed by atoms with van der Waals surface area (Å²) in [5, 5.41) is 0. The van der Waals surface area contributed by atoms with Crippen LogP contribution in [0, 0.1) is 12.8 Å². The van der Waals surface area contributed by atoms with E-state index in [0.717, 1.165) is 0 Å². The van der Waals surface area contributed by atoms with Crippen molar-refractivity contribution in [1.82, 2.24) is 5.43 Å². The summed E-state index contributed by atoms with van der Waals surface area (Å²) in [6.45, 7) is 2.14. The smallest absolute Gasteiger partial charge is 0.0488 e. The molecule has 0 amide bonds. The van der Waals surface area contributed by atoms with Gasteiger partial charge in [0, 0.05) is 6.04 Å². The Morgan fingerprint density at radius 3 is 2.62 bits per heavy atom. The maximum atomic E-state index is 5.74. The van der Waals surface area contributed by atoms with Gasteiger partial charge in [-0.05, 0) is 31.2 Å². The van der Waals surface area contributed by atoms with Gasteiger partial charge in [0.2, 0.25) is 0 Å². The Kier molecular flexibility index (Phi) is 3.97. The van der Waals surface area contributed by atoms with Gasteiger partial charge in [-0.2, -0.15) is 0 Å². The summed E-state index contributed by atoms with van der Waals surface area (Å²) in [6.07, 6.45) is 6.72. The Bertz CT molecular complexity index is 329. The second-order valence-electron chi connectivity index (χ2n) is 4.96. The number of hydrogen-bond acceptors (Lipinski definition) is 2. The summed E-state index contributed by atoms with van der Waals surface area (Å²) < 4.78 is 0. The second-order valence-corrected chi connectivity index (χ2v) is 4.96. The highest BCUT2D eigenvalue weighted by Crippen LogP contribution is 2.34. The van der Waals surface area contributed by atoms with Crippen LogP contribution in [0.2, 0.25) is 0 Å². The molecule has 1 atom stereocenters. The molecule has 0 spiro atoms. The molecule has 1 aliphatic rings. The Labute approximate surface area is 98.2 Å². The predicted molar refractivity (Wildman–Crippen MR) is 67.8 cm³/mol. The van der Waals surface area contributed by atoms with Crippen molar-refractivity contribution in [2.45, 2.75) is 45.1 Å². The molecule has 2 rings (SSSR count). The third kappa shape index (κ3) is 2.63. The molecule has 2 heteroatoms. The van der Waals surface area contributed by atoms with Crippen LogP contribution in [0.3, 0.4) is 0 Å². The third-order valence-corrected chi connectivity index (χ3v) is 3.70. The summed E-state index contributed by atoms with van der Waals surface area (Å²) in [5.74, 6) is 6.44. The zero-order valence-corrected chi connectivity index (χ0v) is 10.1. The first-order valence-corrected chi connectivity index (χ1v) is 6.34. The predicted octanol–water partition coefficient (Wildman–Crippen LogP) is 3.08. The molecule has 2 nitrogen and oxygen atoms in total. The van der Waals surface area contributed by atoms with Crippen LogP contribution in [0.15, 0.2) is 24.3 Å². The van der Waals surface area contributed by atoms with Crippen LogP contribution in [0.1, 0.15) is 49.3 Å². The summed E-state index contributed by atoms with van der Waals surface area (Å²) in [5.41, 5.74) is 5.67. The van der Waals surface area contributed by atoms with E-state index >= 15 is 0 Å². The zero-order valence-electron chi connectivity index (χ0n) is 10.1. The molecule has 0 radical (unpaired) electrons. The molecule has 3 N–H and O–H groups in total. The average molecular weight is 218 g/mol. The highest BCUT2D eigenvalue weighted by molar-refractivity contribution is 5.25. The van der Waals surface area contributed by atoms with Crippen LogP contribution < -0.4 is 11.3 Å². The van der Waals surface area contributed by atoms with E-state index in [2.05, 4.69) is 36.6 Å². The first kappa shape index (κ1) is 11.6. The molecule has 0 bridgehead atoms. The van der Waals surface area contributed by atoms with Gasteiger partial charge in [0.1, 0.15) is 0 Å². The van der Waals surface area contributed by atoms with Crippen molar-refractivity contribution in [3.8, 4) is 0 Å². The monoisotopic (exact) mass is 218 g/mol. The fraction of sp³-hybridized carbons (Fsp3) is 0.571.